The summed E-state index contributed by atoms with van der Waals surface area (Å²) < 4.78 is 34.4. The van der Waals surface area contributed by atoms with Gasteiger partial charge in [0.1, 0.15) is 6.61 Å². The first-order chi connectivity index (χ1) is 13.1. The fourth-order valence-corrected chi connectivity index (χ4v) is 3.22. The van der Waals surface area contributed by atoms with Gasteiger partial charge in [0.05, 0.1) is 33.0 Å². The van der Waals surface area contributed by atoms with Crippen LogP contribution in [0.1, 0.15) is 66.2 Å². The number of ether oxygens (including phenoxy) is 3. The quantitative estimate of drug-likeness (QED) is 0.120. The summed E-state index contributed by atoms with van der Waals surface area (Å²) in [5, 5.41) is 0. The zero-order valence-electron chi connectivity index (χ0n) is 17.5. The van der Waals surface area contributed by atoms with Gasteiger partial charge in [0.2, 0.25) is 0 Å². The first kappa shape index (κ1) is 29.6. The highest BCUT2D eigenvalue weighted by molar-refractivity contribution is 7.38. The second-order valence-corrected chi connectivity index (χ2v) is 8.05. The average molecular weight is 420 g/mol. The van der Waals surface area contributed by atoms with E-state index < -0.39 is 8.03 Å². The van der Waals surface area contributed by atoms with Crippen LogP contribution in [0, 0.1) is 5.41 Å². The third kappa shape index (κ3) is 16.4. The minimum absolute atomic E-state index is 0. The van der Waals surface area contributed by atoms with Crippen molar-refractivity contribution in [2.24, 2.45) is 5.41 Å². The van der Waals surface area contributed by atoms with Gasteiger partial charge in [-0.25, -0.2) is 0 Å². The Morgan fingerprint density at radius 2 is 1.39 bits per heavy atom. The van der Waals surface area contributed by atoms with E-state index in [1.54, 1.807) is 12.2 Å². The average Bonchev–Trinajstić information content (AvgIpc) is 2.67. The highest BCUT2D eigenvalue weighted by Gasteiger charge is 2.31. The van der Waals surface area contributed by atoms with Gasteiger partial charge in [-0.3, -0.25) is 0 Å². The van der Waals surface area contributed by atoms with E-state index >= 15 is 0 Å². The van der Waals surface area contributed by atoms with Crippen molar-refractivity contribution in [1.29, 1.82) is 0 Å². The minimum Gasteiger partial charge on any atom is -0.377 e. The molecule has 0 aliphatic carbocycles. The second-order valence-electron chi connectivity index (χ2n) is 6.87. The maximum absolute atomic E-state index is 12.0. The van der Waals surface area contributed by atoms with Gasteiger partial charge >= 0.3 is 8.03 Å². The van der Waals surface area contributed by atoms with Crippen LogP contribution in [0.4, 0.5) is 0 Å². The molecule has 1 atom stereocenters. The van der Waals surface area contributed by atoms with Crippen LogP contribution in [0.3, 0.4) is 0 Å². The molecule has 1 unspecified atom stereocenters. The van der Waals surface area contributed by atoms with Gasteiger partial charge in [0, 0.05) is 5.41 Å². The van der Waals surface area contributed by atoms with Crippen molar-refractivity contribution in [2.75, 3.05) is 46.0 Å². The Hall–Kier alpha value is -0.580. The zero-order valence-corrected chi connectivity index (χ0v) is 18.4. The van der Waals surface area contributed by atoms with Crippen molar-refractivity contribution in [3.05, 3.63) is 25.3 Å². The fourth-order valence-electron chi connectivity index (χ4n) is 2.57. The molecule has 0 heterocycles. The lowest BCUT2D eigenvalue weighted by molar-refractivity contribution is -0.0568. The molecule has 0 aromatic heterocycles. The van der Waals surface area contributed by atoms with E-state index in [1.807, 2.05) is 0 Å². The van der Waals surface area contributed by atoms with E-state index in [0.717, 1.165) is 19.3 Å². The van der Waals surface area contributed by atoms with Crippen LogP contribution in [0.2, 0.25) is 0 Å². The van der Waals surface area contributed by atoms with Crippen molar-refractivity contribution in [3.8, 4) is 0 Å². The molecule has 0 aliphatic heterocycles. The van der Waals surface area contributed by atoms with Crippen molar-refractivity contribution in [3.63, 3.8) is 0 Å². The molecule has 0 N–H and O–H groups in total. The van der Waals surface area contributed by atoms with Crippen LogP contribution < -0.4 is 0 Å². The van der Waals surface area contributed by atoms with Crippen molar-refractivity contribution >= 4 is 8.03 Å². The highest BCUT2D eigenvalue weighted by Crippen LogP contribution is 2.28. The van der Waals surface area contributed by atoms with Crippen LogP contribution in [0.5, 0.6) is 0 Å². The molecule has 0 aromatic carbocycles. The van der Waals surface area contributed by atoms with E-state index in [-0.39, 0.29) is 19.2 Å². The summed E-state index contributed by atoms with van der Waals surface area (Å²) in [6.07, 6.45) is 11.5. The van der Waals surface area contributed by atoms with Gasteiger partial charge in [-0.15, -0.1) is 17.7 Å². The summed E-state index contributed by atoms with van der Waals surface area (Å²) in [7, 11) is -1.78. The molecule has 0 bridgehead atoms. The van der Waals surface area contributed by atoms with Gasteiger partial charge in [0.25, 0.3) is 6.35 Å². The molecular weight excluding hydrogens is 375 g/mol. The molecule has 0 aliphatic rings. The standard InChI is InChI=1S/C21H40O5P.CH4/c1-5-9-10-11-12-13-16-26-27(22)20-25-19-21(8-4,17-23-14-6-2)18-24-15-7-3;/h6-7H,2-3,5,8-20H2,1,4H3;1H4/q+1;. The summed E-state index contributed by atoms with van der Waals surface area (Å²) in [6, 6.07) is 0. The topological polar surface area (TPSA) is 54.0 Å². The van der Waals surface area contributed by atoms with E-state index in [4.69, 9.17) is 18.7 Å². The van der Waals surface area contributed by atoms with E-state index in [2.05, 4.69) is 27.0 Å². The molecule has 0 rings (SSSR count). The third-order valence-electron chi connectivity index (χ3n) is 4.38. The molecule has 0 spiro atoms. The minimum atomic E-state index is -1.78. The number of hydrogen-bond donors (Lipinski definition) is 0. The Morgan fingerprint density at radius 3 is 1.93 bits per heavy atom. The normalized spacial score (nSPS) is 11.7. The van der Waals surface area contributed by atoms with Gasteiger partial charge in [-0.1, -0.05) is 65.5 Å². The highest BCUT2D eigenvalue weighted by atomic mass is 31.1. The largest absolute Gasteiger partial charge is 0.537 e. The van der Waals surface area contributed by atoms with Crippen molar-refractivity contribution < 1.29 is 23.3 Å². The SMILES string of the molecule is C.C=CCOCC(CC)(COCC=C)COC[P+](=O)OCCCCCCCC. The monoisotopic (exact) mass is 419 g/mol. The van der Waals surface area contributed by atoms with Gasteiger partial charge < -0.3 is 14.2 Å². The van der Waals surface area contributed by atoms with Crippen LogP contribution in [-0.2, 0) is 23.3 Å². The molecule has 0 saturated heterocycles. The lowest BCUT2D eigenvalue weighted by atomic mass is 9.88. The predicted octanol–water partition coefficient (Wildman–Crippen LogP) is 6.52. The number of hydrogen-bond acceptors (Lipinski definition) is 5. The number of rotatable bonds is 21. The Morgan fingerprint density at radius 1 is 0.857 bits per heavy atom. The lowest BCUT2D eigenvalue weighted by Gasteiger charge is -2.31. The maximum Gasteiger partial charge on any atom is 0.537 e. The summed E-state index contributed by atoms with van der Waals surface area (Å²) in [4.78, 5) is 0. The molecular formula is C22H44O5P+. The van der Waals surface area contributed by atoms with Crippen LogP contribution >= 0.6 is 8.03 Å². The van der Waals surface area contributed by atoms with E-state index in [9.17, 15) is 4.57 Å². The maximum atomic E-state index is 12.0. The Bertz CT molecular complexity index is 373. The zero-order chi connectivity index (χ0) is 20.2. The molecule has 166 valence electrons. The molecule has 0 saturated carbocycles. The summed E-state index contributed by atoms with van der Waals surface area (Å²) in [5.41, 5.74) is -0.276. The molecule has 0 aromatic rings. The molecule has 0 amide bonds. The molecule has 0 radical (unpaired) electrons. The van der Waals surface area contributed by atoms with Crippen LogP contribution in [0.25, 0.3) is 0 Å². The molecule has 6 heteroatoms. The summed E-state index contributed by atoms with van der Waals surface area (Å²) in [6.45, 7) is 14.5. The molecule has 28 heavy (non-hydrogen) atoms. The second kappa shape index (κ2) is 21.1. The summed E-state index contributed by atoms with van der Waals surface area (Å²) in [5.74, 6) is 0. The van der Waals surface area contributed by atoms with Crippen LogP contribution in [0.15, 0.2) is 25.3 Å². The smallest absolute Gasteiger partial charge is 0.377 e. The van der Waals surface area contributed by atoms with Gasteiger partial charge in [-0.05, 0) is 17.4 Å². The fraction of sp³-hybridized carbons (Fsp3) is 0.818. The Balaban J connectivity index is 0. The Kier molecular flexibility index (Phi) is 22.4. The predicted molar refractivity (Wildman–Crippen MR) is 119 cm³/mol. The first-order valence-corrected chi connectivity index (χ1v) is 11.5. The first-order valence-electron chi connectivity index (χ1n) is 10.2. The van der Waals surface area contributed by atoms with E-state index in [0.29, 0.717) is 39.6 Å². The van der Waals surface area contributed by atoms with E-state index in [1.165, 1.54) is 25.7 Å². The van der Waals surface area contributed by atoms with Crippen LogP contribution in [-0.4, -0.2) is 46.0 Å². The molecule has 0 fully saturated rings. The third-order valence-corrected chi connectivity index (χ3v) is 5.24. The summed E-state index contributed by atoms with van der Waals surface area (Å²) >= 11 is 0. The molecule has 5 nitrogen and oxygen atoms in total. The number of unbranched alkanes of at least 4 members (excludes halogenated alkanes) is 5. The van der Waals surface area contributed by atoms with Gasteiger partial charge in [-0.2, -0.15) is 0 Å². The van der Waals surface area contributed by atoms with Gasteiger partial charge in [0.15, 0.2) is 0 Å². The lowest BCUT2D eigenvalue weighted by Crippen LogP contribution is -2.37. The van der Waals surface area contributed by atoms with Crippen molar-refractivity contribution in [2.45, 2.75) is 66.2 Å². The Labute approximate surface area is 174 Å². The van der Waals surface area contributed by atoms with Crippen molar-refractivity contribution in [1.82, 2.24) is 0 Å².